The van der Waals surface area contributed by atoms with Crippen molar-refractivity contribution < 1.29 is 9.53 Å². The van der Waals surface area contributed by atoms with E-state index in [-0.39, 0.29) is 5.91 Å². The number of anilines is 1. The normalized spacial score (nSPS) is 14.8. The predicted octanol–water partition coefficient (Wildman–Crippen LogP) is 2.20. The highest BCUT2D eigenvalue weighted by atomic mass is 79.9. The third-order valence-corrected chi connectivity index (χ3v) is 5.97. The molecule has 0 unspecified atom stereocenters. The number of ether oxygens (including phenoxy) is 1. The zero-order chi connectivity index (χ0) is 21.6. The van der Waals surface area contributed by atoms with Gasteiger partial charge in [0.15, 0.2) is 5.65 Å². The van der Waals surface area contributed by atoms with Crippen molar-refractivity contribution in [2.45, 2.75) is 13.0 Å². The summed E-state index contributed by atoms with van der Waals surface area (Å²) in [5, 5.41) is 10.9. The highest BCUT2D eigenvalue weighted by Crippen LogP contribution is 2.28. The topological polar surface area (TPSA) is 99.3 Å². The number of H-pyrrole nitrogens is 1. The van der Waals surface area contributed by atoms with Crippen LogP contribution >= 0.6 is 15.9 Å². The second kappa shape index (κ2) is 10.2. The summed E-state index contributed by atoms with van der Waals surface area (Å²) in [6, 6.07) is 7.86. The zero-order valence-electron chi connectivity index (χ0n) is 17.5. The Bertz CT molecular complexity index is 1020. The monoisotopic (exact) mass is 487 g/mol. The first-order valence-electron chi connectivity index (χ1n) is 10.3. The molecule has 0 bridgehead atoms. The van der Waals surface area contributed by atoms with E-state index >= 15 is 0 Å². The smallest absolute Gasteiger partial charge is 0.251 e. The van der Waals surface area contributed by atoms with Crippen molar-refractivity contribution >= 4 is 38.7 Å². The zero-order valence-corrected chi connectivity index (χ0v) is 19.1. The molecule has 0 atom stereocenters. The van der Waals surface area contributed by atoms with Crippen LogP contribution in [0.3, 0.4) is 0 Å². The molecule has 164 valence electrons. The molecule has 3 aromatic rings. The minimum atomic E-state index is -0.0437. The summed E-state index contributed by atoms with van der Waals surface area (Å²) < 4.78 is 5.74. The Hall–Kier alpha value is -2.56. The van der Waals surface area contributed by atoms with Crippen LogP contribution in [0.25, 0.3) is 11.0 Å². The van der Waals surface area contributed by atoms with Crippen LogP contribution in [0.15, 0.2) is 35.2 Å². The summed E-state index contributed by atoms with van der Waals surface area (Å²) in [5.74, 6) is 0.865. The van der Waals surface area contributed by atoms with Crippen LogP contribution in [0, 0.1) is 0 Å². The molecule has 1 aromatic carbocycles. The molecule has 0 spiro atoms. The lowest BCUT2D eigenvalue weighted by Crippen LogP contribution is -2.46. The van der Waals surface area contributed by atoms with E-state index in [4.69, 9.17) is 4.74 Å². The number of carbonyl (C=O) groups excluding carboxylic acids is 1. The minimum absolute atomic E-state index is 0.0437. The van der Waals surface area contributed by atoms with Crippen molar-refractivity contribution in [1.29, 1.82) is 0 Å². The predicted molar refractivity (Wildman–Crippen MR) is 122 cm³/mol. The fraction of sp³-hybridized carbons (Fsp3) is 0.429. The van der Waals surface area contributed by atoms with Crippen molar-refractivity contribution in [3.63, 3.8) is 0 Å². The maximum atomic E-state index is 12.2. The van der Waals surface area contributed by atoms with E-state index < -0.39 is 0 Å². The van der Waals surface area contributed by atoms with Crippen LogP contribution in [0.1, 0.15) is 22.3 Å². The second-order valence-corrected chi connectivity index (χ2v) is 8.25. The Kier molecular flexibility index (Phi) is 7.10. The quantitative estimate of drug-likeness (QED) is 0.469. The molecule has 31 heavy (non-hydrogen) atoms. The molecule has 0 saturated carbocycles. The number of hydrogen-bond donors (Lipinski definition) is 2. The van der Waals surface area contributed by atoms with E-state index in [0.29, 0.717) is 18.7 Å². The molecule has 2 N–H and O–H groups in total. The fourth-order valence-electron chi connectivity index (χ4n) is 3.71. The number of benzene rings is 1. The summed E-state index contributed by atoms with van der Waals surface area (Å²) in [6.07, 6.45) is 2.38. The Labute approximate surface area is 189 Å². The van der Waals surface area contributed by atoms with E-state index in [2.05, 4.69) is 51.2 Å². The first-order valence-corrected chi connectivity index (χ1v) is 11.1. The largest absolute Gasteiger partial charge is 0.385 e. The number of aromatic nitrogens is 4. The third kappa shape index (κ3) is 5.20. The van der Waals surface area contributed by atoms with Gasteiger partial charge in [-0.3, -0.25) is 14.8 Å². The molecular weight excluding hydrogens is 462 g/mol. The van der Waals surface area contributed by atoms with Crippen LogP contribution in [0.4, 0.5) is 5.82 Å². The minimum Gasteiger partial charge on any atom is -0.385 e. The molecule has 1 aliphatic rings. The first-order chi connectivity index (χ1) is 15.2. The molecule has 0 aliphatic carbocycles. The van der Waals surface area contributed by atoms with Gasteiger partial charge in [0.2, 0.25) is 0 Å². The number of halogens is 1. The highest BCUT2D eigenvalue weighted by Gasteiger charge is 2.22. The number of hydrogen-bond acceptors (Lipinski definition) is 7. The van der Waals surface area contributed by atoms with Crippen molar-refractivity contribution in [1.82, 2.24) is 30.4 Å². The van der Waals surface area contributed by atoms with Crippen molar-refractivity contribution in [2.24, 2.45) is 0 Å². The summed E-state index contributed by atoms with van der Waals surface area (Å²) in [6.45, 7) is 5.75. The Morgan fingerprint density at radius 2 is 1.97 bits per heavy atom. The number of amides is 1. The number of nitrogens with one attached hydrogen (secondary N) is 2. The molecule has 10 heteroatoms. The lowest BCUT2D eigenvalue weighted by molar-refractivity contribution is 0.0948. The average Bonchev–Trinajstić information content (AvgIpc) is 3.19. The van der Waals surface area contributed by atoms with Gasteiger partial charge in [0, 0.05) is 58.5 Å². The van der Waals surface area contributed by atoms with Gasteiger partial charge in [0.05, 0.1) is 5.39 Å². The molecule has 3 heterocycles. The standard InChI is InChI=1S/C21H26BrN7O2/c1-31-12-2-7-23-21(30)16-5-3-15(4-6-16)13-28-8-10-29(11-9-28)20-17-18(22)26-27-19(17)24-14-25-20/h3-6,14H,2,7-13H2,1H3,(H,23,30)(H,24,25,26,27). The molecule has 1 fully saturated rings. The van der Waals surface area contributed by atoms with E-state index in [1.165, 1.54) is 5.56 Å². The van der Waals surface area contributed by atoms with Crippen LogP contribution in [0.5, 0.6) is 0 Å². The summed E-state index contributed by atoms with van der Waals surface area (Å²) >= 11 is 3.48. The Morgan fingerprint density at radius 3 is 2.71 bits per heavy atom. The van der Waals surface area contributed by atoms with E-state index in [9.17, 15) is 4.79 Å². The van der Waals surface area contributed by atoms with E-state index in [1.54, 1.807) is 13.4 Å². The van der Waals surface area contributed by atoms with Gasteiger partial charge in [-0.15, -0.1) is 0 Å². The van der Waals surface area contributed by atoms with Crippen LogP contribution in [-0.4, -0.2) is 77.4 Å². The molecule has 4 rings (SSSR count). The van der Waals surface area contributed by atoms with Crippen molar-refractivity contribution in [3.8, 4) is 0 Å². The molecular formula is C21H26BrN7O2. The van der Waals surface area contributed by atoms with Crippen LogP contribution in [-0.2, 0) is 11.3 Å². The number of nitrogens with zero attached hydrogens (tertiary/aromatic N) is 5. The van der Waals surface area contributed by atoms with Crippen molar-refractivity contribution in [3.05, 3.63) is 46.3 Å². The second-order valence-electron chi connectivity index (χ2n) is 7.50. The van der Waals surface area contributed by atoms with Gasteiger partial charge in [0.1, 0.15) is 16.7 Å². The third-order valence-electron chi connectivity index (χ3n) is 5.40. The number of piperazine rings is 1. The van der Waals surface area contributed by atoms with Gasteiger partial charge >= 0.3 is 0 Å². The van der Waals surface area contributed by atoms with E-state index in [0.717, 1.165) is 60.6 Å². The molecule has 1 saturated heterocycles. The SMILES string of the molecule is COCCCNC(=O)c1ccc(CN2CCN(c3ncnc4[nH]nc(Br)c34)CC2)cc1. The number of fused-ring (bicyclic) bond motifs is 1. The van der Waals surface area contributed by atoms with Crippen LogP contribution < -0.4 is 10.2 Å². The number of rotatable bonds is 8. The molecule has 2 aromatic heterocycles. The Morgan fingerprint density at radius 1 is 1.19 bits per heavy atom. The summed E-state index contributed by atoms with van der Waals surface area (Å²) in [5.41, 5.74) is 2.62. The molecule has 0 radical (unpaired) electrons. The average molecular weight is 488 g/mol. The van der Waals surface area contributed by atoms with Crippen molar-refractivity contribution in [2.75, 3.05) is 51.3 Å². The van der Waals surface area contributed by atoms with Gasteiger partial charge in [-0.05, 0) is 40.0 Å². The summed E-state index contributed by atoms with van der Waals surface area (Å²) in [4.78, 5) is 25.6. The van der Waals surface area contributed by atoms with E-state index in [1.807, 2.05) is 24.3 Å². The van der Waals surface area contributed by atoms with Gasteiger partial charge in [-0.25, -0.2) is 9.97 Å². The maximum absolute atomic E-state index is 12.2. The lowest BCUT2D eigenvalue weighted by atomic mass is 10.1. The maximum Gasteiger partial charge on any atom is 0.251 e. The van der Waals surface area contributed by atoms with Gasteiger partial charge in [-0.2, -0.15) is 5.10 Å². The number of methoxy groups -OCH3 is 1. The molecule has 1 amide bonds. The molecule has 9 nitrogen and oxygen atoms in total. The lowest BCUT2D eigenvalue weighted by Gasteiger charge is -2.35. The molecule has 1 aliphatic heterocycles. The van der Waals surface area contributed by atoms with Gasteiger partial charge in [0.25, 0.3) is 5.91 Å². The van der Waals surface area contributed by atoms with Gasteiger partial charge in [-0.1, -0.05) is 12.1 Å². The fourth-order valence-corrected chi connectivity index (χ4v) is 4.16. The number of aromatic amines is 1. The van der Waals surface area contributed by atoms with Crippen LogP contribution in [0.2, 0.25) is 0 Å². The van der Waals surface area contributed by atoms with Gasteiger partial charge < -0.3 is 15.0 Å². The Balaban J connectivity index is 1.30. The summed E-state index contributed by atoms with van der Waals surface area (Å²) in [7, 11) is 1.66. The first kappa shape index (κ1) is 21.7. The highest BCUT2D eigenvalue weighted by molar-refractivity contribution is 9.10. The number of carbonyl (C=O) groups is 1.